The average Bonchev–Trinajstić information content (AvgIpc) is 2.73. The monoisotopic (exact) mass is 429 g/mol. The molecule has 4 aromatic rings. The normalized spacial score (nSPS) is 11.5. The van der Waals surface area contributed by atoms with Gasteiger partial charge >= 0.3 is 0 Å². The van der Waals surface area contributed by atoms with E-state index in [0.29, 0.717) is 17.0 Å². The van der Waals surface area contributed by atoms with E-state index < -0.39 is 0 Å². The largest absolute Gasteiger partial charge is 0.508 e. The van der Waals surface area contributed by atoms with Gasteiger partial charge < -0.3 is 20.4 Å². The van der Waals surface area contributed by atoms with Crippen molar-refractivity contribution in [2.45, 2.75) is 26.2 Å². The first-order chi connectivity index (χ1) is 15.1. The summed E-state index contributed by atoms with van der Waals surface area (Å²) >= 11 is 0. The van der Waals surface area contributed by atoms with Gasteiger partial charge in [0.1, 0.15) is 23.0 Å². The van der Waals surface area contributed by atoms with Crippen LogP contribution < -0.4 is 0 Å². The smallest absolute Gasteiger partial charge is 0.167 e. The fraction of sp³-hybridized carbons (Fsp3) is 0.160. The standard InChI is InChI=1S/C25H23N3O4/c1-25(2,3)15-6-4-14(5-7-15)22-26-23(18-10-8-16(29)12-20(18)31)28-24(27-22)19-11-9-17(30)13-21(19)32/h4-13,29-32H,1-3H3. The molecule has 4 rings (SSSR count). The number of hydrogen-bond donors (Lipinski definition) is 4. The first-order valence-corrected chi connectivity index (χ1v) is 10.0. The van der Waals surface area contributed by atoms with E-state index in [1.807, 2.05) is 24.3 Å². The Morgan fingerprint density at radius 2 is 1.00 bits per heavy atom. The molecular weight excluding hydrogens is 406 g/mol. The van der Waals surface area contributed by atoms with E-state index in [2.05, 4.69) is 35.7 Å². The summed E-state index contributed by atoms with van der Waals surface area (Å²) in [5.41, 5.74) is 2.49. The highest BCUT2D eigenvalue weighted by Crippen LogP contribution is 2.35. The number of phenols is 4. The van der Waals surface area contributed by atoms with Crippen molar-refractivity contribution < 1.29 is 20.4 Å². The molecular formula is C25H23N3O4. The van der Waals surface area contributed by atoms with E-state index in [1.54, 1.807) is 0 Å². The lowest BCUT2D eigenvalue weighted by Crippen LogP contribution is -2.10. The Labute approximate surface area is 185 Å². The van der Waals surface area contributed by atoms with Gasteiger partial charge in [-0.2, -0.15) is 0 Å². The van der Waals surface area contributed by atoms with Crippen molar-refractivity contribution in [3.63, 3.8) is 0 Å². The molecule has 0 fully saturated rings. The SMILES string of the molecule is CC(C)(C)c1ccc(-c2nc(-c3ccc(O)cc3O)nc(-c3ccc(O)cc3O)n2)cc1. The van der Waals surface area contributed by atoms with Crippen LogP contribution in [0.4, 0.5) is 0 Å². The third-order valence-electron chi connectivity index (χ3n) is 5.09. The minimum absolute atomic E-state index is 0.0103. The highest BCUT2D eigenvalue weighted by atomic mass is 16.3. The molecule has 1 heterocycles. The first kappa shape index (κ1) is 21.1. The van der Waals surface area contributed by atoms with Crippen LogP contribution in [0, 0.1) is 0 Å². The molecule has 0 saturated carbocycles. The molecule has 4 N–H and O–H groups in total. The van der Waals surface area contributed by atoms with E-state index in [-0.39, 0.29) is 40.1 Å². The summed E-state index contributed by atoms with van der Waals surface area (Å²) in [6.07, 6.45) is 0. The summed E-state index contributed by atoms with van der Waals surface area (Å²) in [6, 6.07) is 16.1. The molecule has 162 valence electrons. The molecule has 0 spiro atoms. The number of aromatic hydroxyl groups is 4. The number of rotatable bonds is 3. The van der Waals surface area contributed by atoms with Gasteiger partial charge in [0.15, 0.2) is 17.5 Å². The Hall–Kier alpha value is -4.13. The summed E-state index contributed by atoms with van der Waals surface area (Å²) in [7, 11) is 0. The second-order valence-corrected chi connectivity index (χ2v) is 8.54. The van der Waals surface area contributed by atoms with E-state index in [4.69, 9.17) is 0 Å². The van der Waals surface area contributed by atoms with Crippen LogP contribution in [0.3, 0.4) is 0 Å². The zero-order chi connectivity index (χ0) is 23.0. The number of benzene rings is 3. The van der Waals surface area contributed by atoms with Crippen molar-refractivity contribution in [1.29, 1.82) is 0 Å². The second kappa shape index (κ2) is 7.85. The molecule has 7 heteroatoms. The van der Waals surface area contributed by atoms with Gasteiger partial charge in [-0.25, -0.2) is 15.0 Å². The predicted molar refractivity (Wildman–Crippen MR) is 121 cm³/mol. The highest BCUT2D eigenvalue weighted by molar-refractivity contribution is 5.72. The van der Waals surface area contributed by atoms with Crippen LogP contribution in [0.2, 0.25) is 0 Å². The average molecular weight is 429 g/mol. The fourth-order valence-corrected chi connectivity index (χ4v) is 3.28. The Bertz CT molecular complexity index is 1230. The van der Waals surface area contributed by atoms with Crippen molar-refractivity contribution in [1.82, 2.24) is 15.0 Å². The molecule has 0 unspecified atom stereocenters. The summed E-state index contributed by atoms with van der Waals surface area (Å²) < 4.78 is 0. The molecule has 0 amide bonds. The van der Waals surface area contributed by atoms with Gasteiger partial charge in [-0.1, -0.05) is 45.0 Å². The van der Waals surface area contributed by atoms with Crippen LogP contribution in [0.25, 0.3) is 34.2 Å². The lowest BCUT2D eigenvalue weighted by Gasteiger charge is -2.19. The lowest BCUT2D eigenvalue weighted by molar-refractivity contribution is 0.451. The highest BCUT2D eigenvalue weighted by Gasteiger charge is 2.18. The van der Waals surface area contributed by atoms with Crippen molar-refractivity contribution >= 4 is 0 Å². The molecule has 0 aliphatic carbocycles. The molecule has 0 aliphatic rings. The molecule has 0 aliphatic heterocycles. The lowest BCUT2D eigenvalue weighted by atomic mass is 9.87. The molecule has 0 atom stereocenters. The van der Waals surface area contributed by atoms with Crippen molar-refractivity contribution in [3.05, 3.63) is 66.2 Å². The molecule has 7 nitrogen and oxygen atoms in total. The van der Waals surface area contributed by atoms with Crippen LogP contribution in [0.5, 0.6) is 23.0 Å². The molecule has 0 saturated heterocycles. The Balaban J connectivity index is 1.91. The van der Waals surface area contributed by atoms with Crippen molar-refractivity contribution in [2.75, 3.05) is 0 Å². The second-order valence-electron chi connectivity index (χ2n) is 8.54. The van der Waals surface area contributed by atoms with Crippen LogP contribution in [0.1, 0.15) is 26.3 Å². The summed E-state index contributed by atoms with van der Waals surface area (Å²) in [6.45, 7) is 6.38. The molecule has 0 bridgehead atoms. The Kier molecular flexibility index (Phi) is 5.18. The molecule has 3 aromatic carbocycles. The van der Waals surface area contributed by atoms with Gasteiger partial charge in [0.2, 0.25) is 0 Å². The molecule has 0 radical (unpaired) electrons. The first-order valence-electron chi connectivity index (χ1n) is 10.0. The van der Waals surface area contributed by atoms with Crippen molar-refractivity contribution in [3.8, 4) is 57.2 Å². The van der Waals surface area contributed by atoms with Gasteiger partial charge in [0, 0.05) is 17.7 Å². The third-order valence-corrected chi connectivity index (χ3v) is 5.09. The van der Waals surface area contributed by atoms with E-state index in [9.17, 15) is 20.4 Å². The van der Waals surface area contributed by atoms with E-state index in [0.717, 1.165) is 11.1 Å². The maximum atomic E-state index is 10.3. The van der Waals surface area contributed by atoms with Gasteiger partial charge in [-0.15, -0.1) is 0 Å². The van der Waals surface area contributed by atoms with Crippen molar-refractivity contribution in [2.24, 2.45) is 0 Å². The minimum Gasteiger partial charge on any atom is -0.508 e. The zero-order valence-electron chi connectivity index (χ0n) is 17.9. The minimum atomic E-state index is -0.189. The predicted octanol–water partition coefficient (Wildman–Crippen LogP) is 4.99. The number of aromatic nitrogens is 3. The maximum absolute atomic E-state index is 10.3. The quantitative estimate of drug-likeness (QED) is 0.362. The number of nitrogens with zero attached hydrogens (tertiary/aromatic N) is 3. The fourth-order valence-electron chi connectivity index (χ4n) is 3.28. The Morgan fingerprint density at radius 1 is 0.562 bits per heavy atom. The Morgan fingerprint density at radius 3 is 1.41 bits per heavy atom. The maximum Gasteiger partial charge on any atom is 0.167 e. The van der Waals surface area contributed by atoms with Crippen LogP contribution >= 0.6 is 0 Å². The number of hydrogen-bond acceptors (Lipinski definition) is 7. The van der Waals surface area contributed by atoms with Gasteiger partial charge in [0.05, 0.1) is 11.1 Å². The van der Waals surface area contributed by atoms with Crippen LogP contribution in [0.15, 0.2) is 60.7 Å². The van der Waals surface area contributed by atoms with Gasteiger partial charge in [-0.05, 0) is 35.2 Å². The van der Waals surface area contributed by atoms with Crippen LogP contribution in [-0.2, 0) is 5.41 Å². The topological polar surface area (TPSA) is 120 Å². The van der Waals surface area contributed by atoms with Gasteiger partial charge in [-0.3, -0.25) is 0 Å². The summed E-state index contributed by atoms with van der Waals surface area (Å²) in [4.78, 5) is 13.5. The summed E-state index contributed by atoms with van der Waals surface area (Å²) in [5.74, 6) is 0.150. The van der Waals surface area contributed by atoms with Crippen LogP contribution in [-0.4, -0.2) is 35.4 Å². The summed E-state index contributed by atoms with van der Waals surface area (Å²) in [5, 5.41) is 40.0. The zero-order valence-corrected chi connectivity index (χ0v) is 17.9. The molecule has 32 heavy (non-hydrogen) atoms. The molecule has 1 aromatic heterocycles. The third kappa shape index (κ3) is 4.18. The number of phenolic OH excluding ortho intramolecular Hbond substituents is 4. The van der Waals surface area contributed by atoms with E-state index >= 15 is 0 Å². The van der Waals surface area contributed by atoms with Gasteiger partial charge in [0.25, 0.3) is 0 Å². The van der Waals surface area contributed by atoms with E-state index in [1.165, 1.54) is 36.4 Å².